The lowest BCUT2D eigenvalue weighted by Crippen LogP contribution is -2.20. The Morgan fingerprint density at radius 3 is 2.76 bits per heavy atom. The van der Waals surface area contributed by atoms with E-state index in [-0.39, 0.29) is 17.5 Å². The highest BCUT2D eigenvalue weighted by Crippen LogP contribution is 2.24. The fraction of sp³-hybridized carbons (Fsp3) is 0.250. The lowest BCUT2D eigenvalue weighted by Gasteiger charge is -2.22. The van der Waals surface area contributed by atoms with Crippen molar-refractivity contribution >= 4 is 16.2 Å². The number of hydrogen-bond donors (Lipinski definition) is 0. The molecule has 0 N–H and O–H groups in total. The van der Waals surface area contributed by atoms with E-state index in [4.69, 9.17) is 4.18 Å². The number of allylic oxidation sites excluding steroid dienone is 1. The first-order valence-corrected chi connectivity index (χ1v) is 8.26. The van der Waals surface area contributed by atoms with Crippen molar-refractivity contribution in [3.63, 3.8) is 0 Å². The Hall–Kier alpha value is -1.85. The third kappa shape index (κ3) is 2.94. The number of hydrogen-bond acceptors (Lipinski definition) is 3. The largest absolute Gasteiger partial charge is 0.342 e. The lowest BCUT2D eigenvalue weighted by molar-refractivity contribution is 0.253. The van der Waals surface area contributed by atoms with Crippen LogP contribution in [0.3, 0.4) is 0 Å². The minimum absolute atomic E-state index is 0.0141. The maximum absolute atomic E-state index is 12.2. The van der Waals surface area contributed by atoms with Gasteiger partial charge in [0.05, 0.1) is 17.5 Å². The predicted molar refractivity (Wildman–Crippen MR) is 81.4 cm³/mol. The number of nitrogens with zero attached hydrogens (tertiary/aromatic N) is 1. The van der Waals surface area contributed by atoms with Crippen molar-refractivity contribution in [3.05, 3.63) is 59.9 Å². The summed E-state index contributed by atoms with van der Waals surface area (Å²) >= 11 is 0. The van der Waals surface area contributed by atoms with Crippen molar-refractivity contribution in [1.82, 2.24) is 4.57 Å². The molecule has 0 bridgehead atoms. The number of aryl methyl sites for hydroxylation is 1. The van der Waals surface area contributed by atoms with Gasteiger partial charge in [-0.1, -0.05) is 23.8 Å². The van der Waals surface area contributed by atoms with Crippen LogP contribution in [-0.2, 0) is 14.3 Å². The summed E-state index contributed by atoms with van der Waals surface area (Å²) in [6.45, 7) is 2.06. The molecular weight excluding hydrogens is 286 g/mol. The van der Waals surface area contributed by atoms with E-state index in [1.54, 1.807) is 24.3 Å². The Kier molecular flexibility index (Phi) is 3.69. The minimum atomic E-state index is -3.70. The quantitative estimate of drug-likeness (QED) is 0.815. The number of fused-ring (bicyclic) bond motifs is 1. The molecule has 0 spiro atoms. The molecule has 5 heteroatoms. The van der Waals surface area contributed by atoms with E-state index in [9.17, 15) is 8.42 Å². The van der Waals surface area contributed by atoms with Crippen molar-refractivity contribution in [2.24, 2.45) is 0 Å². The van der Waals surface area contributed by atoms with Crippen LogP contribution in [0.5, 0.6) is 0 Å². The van der Waals surface area contributed by atoms with E-state index >= 15 is 0 Å². The maximum atomic E-state index is 12.2. The zero-order valence-corrected chi connectivity index (χ0v) is 12.6. The van der Waals surface area contributed by atoms with E-state index in [0.29, 0.717) is 0 Å². The molecule has 21 heavy (non-hydrogen) atoms. The monoisotopic (exact) mass is 303 g/mol. The molecule has 1 aliphatic heterocycles. The summed E-state index contributed by atoms with van der Waals surface area (Å²) in [5.41, 5.74) is 2.09. The van der Waals surface area contributed by atoms with E-state index in [2.05, 4.69) is 0 Å². The van der Waals surface area contributed by atoms with Gasteiger partial charge in [0.25, 0.3) is 10.1 Å². The predicted octanol–water partition coefficient (Wildman–Crippen LogP) is 3.16. The van der Waals surface area contributed by atoms with Crippen LogP contribution in [0.4, 0.5) is 0 Å². The molecule has 4 nitrogen and oxygen atoms in total. The van der Waals surface area contributed by atoms with Gasteiger partial charge < -0.3 is 4.57 Å². The van der Waals surface area contributed by atoms with Crippen LogP contribution in [0.1, 0.15) is 23.7 Å². The van der Waals surface area contributed by atoms with Crippen molar-refractivity contribution in [2.45, 2.75) is 24.3 Å². The third-order valence-electron chi connectivity index (χ3n) is 3.63. The highest BCUT2D eigenvalue weighted by molar-refractivity contribution is 7.86. The molecule has 0 amide bonds. The lowest BCUT2D eigenvalue weighted by atomic mass is 10.1. The van der Waals surface area contributed by atoms with Gasteiger partial charge in [-0.05, 0) is 43.7 Å². The smallest absolute Gasteiger partial charge is 0.297 e. The highest BCUT2D eigenvalue weighted by atomic mass is 32.2. The Labute approximate surface area is 124 Å². The average Bonchev–Trinajstić information content (AvgIpc) is 2.94. The zero-order chi connectivity index (χ0) is 14.9. The fourth-order valence-electron chi connectivity index (χ4n) is 2.43. The second-order valence-electron chi connectivity index (χ2n) is 5.18. The summed E-state index contributed by atoms with van der Waals surface area (Å²) in [6.07, 6.45) is 6.79. The summed E-state index contributed by atoms with van der Waals surface area (Å²) in [4.78, 5) is 0.201. The van der Waals surface area contributed by atoms with Crippen molar-refractivity contribution in [3.8, 4) is 0 Å². The van der Waals surface area contributed by atoms with E-state index < -0.39 is 10.1 Å². The zero-order valence-electron chi connectivity index (χ0n) is 11.8. The van der Waals surface area contributed by atoms with Gasteiger partial charge >= 0.3 is 0 Å². The molecule has 1 aromatic heterocycles. The van der Waals surface area contributed by atoms with Gasteiger partial charge in [-0.2, -0.15) is 8.42 Å². The Morgan fingerprint density at radius 1 is 1.24 bits per heavy atom. The molecule has 0 saturated carbocycles. The van der Waals surface area contributed by atoms with E-state index in [1.165, 1.54) is 0 Å². The normalized spacial score (nSPS) is 17.7. The van der Waals surface area contributed by atoms with Gasteiger partial charge in [0.1, 0.15) is 0 Å². The van der Waals surface area contributed by atoms with Gasteiger partial charge in [0.2, 0.25) is 0 Å². The minimum Gasteiger partial charge on any atom is -0.342 e. The molecular formula is C16H17NO3S. The van der Waals surface area contributed by atoms with Gasteiger partial charge in [-0.3, -0.25) is 4.18 Å². The summed E-state index contributed by atoms with van der Waals surface area (Å²) < 4.78 is 31.7. The summed E-state index contributed by atoms with van der Waals surface area (Å²) in [7, 11) is -3.70. The van der Waals surface area contributed by atoms with Gasteiger partial charge in [-0.25, -0.2) is 0 Å². The molecule has 0 saturated heterocycles. The van der Waals surface area contributed by atoms with E-state index in [1.807, 2.05) is 42.0 Å². The maximum Gasteiger partial charge on any atom is 0.297 e. The second-order valence-corrected chi connectivity index (χ2v) is 6.80. The van der Waals surface area contributed by atoms with Crippen molar-refractivity contribution in [1.29, 1.82) is 0 Å². The third-order valence-corrected chi connectivity index (χ3v) is 4.92. The van der Waals surface area contributed by atoms with Gasteiger partial charge in [0, 0.05) is 11.9 Å². The molecule has 0 fully saturated rings. The van der Waals surface area contributed by atoms with Crippen LogP contribution >= 0.6 is 0 Å². The summed E-state index contributed by atoms with van der Waals surface area (Å²) in [6, 6.07) is 10.6. The molecule has 110 valence electrons. The van der Waals surface area contributed by atoms with Crippen LogP contribution in [0, 0.1) is 6.92 Å². The van der Waals surface area contributed by atoms with Crippen LogP contribution < -0.4 is 0 Å². The fourth-order valence-corrected chi connectivity index (χ4v) is 3.37. The van der Waals surface area contributed by atoms with Crippen molar-refractivity contribution < 1.29 is 12.6 Å². The Morgan fingerprint density at radius 2 is 2.00 bits per heavy atom. The molecule has 0 unspecified atom stereocenters. The SMILES string of the molecule is Cc1ccc(S(=O)(=O)OC[C@@H]2CC=Cc3cccn32)cc1. The first-order chi connectivity index (χ1) is 10.1. The topological polar surface area (TPSA) is 48.3 Å². The highest BCUT2D eigenvalue weighted by Gasteiger charge is 2.21. The summed E-state index contributed by atoms with van der Waals surface area (Å²) in [5, 5.41) is 0. The average molecular weight is 303 g/mol. The molecule has 0 radical (unpaired) electrons. The number of aromatic nitrogens is 1. The Balaban J connectivity index is 1.73. The molecule has 0 aliphatic carbocycles. The molecule has 1 aromatic carbocycles. The number of rotatable bonds is 4. The standard InChI is InChI=1S/C16H17NO3S/c1-13-7-9-16(10-8-13)21(18,19)20-12-15-5-2-4-14-6-3-11-17(14)15/h2-4,6-11,15H,5,12H2,1H3/t15-/m0/s1. The van der Waals surface area contributed by atoms with Crippen LogP contribution in [0.2, 0.25) is 0 Å². The van der Waals surface area contributed by atoms with Crippen LogP contribution in [0.15, 0.2) is 53.6 Å². The number of benzene rings is 1. The van der Waals surface area contributed by atoms with E-state index in [0.717, 1.165) is 17.7 Å². The van der Waals surface area contributed by atoms with Crippen LogP contribution in [-0.4, -0.2) is 19.6 Å². The second kappa shape index (κ2) is 5.50. The first kappa shape index (κ1) is 14.1. The Bertz CT molecular complexity index is 757. The van der Waals surface area contributed by atoms with Gasteiger partial charge in [0.15, 0.2) is 0 Å². The van der Waals surface area contributed by atoms with Crippen molar-refractivity contribution in [2.75, 3.05) is 6.61 Å². The molecule has 2 heterocycles. The molecule has 3 rings (SSSR count). The van der Waals surface area contributed by atoms with Gasteiger partial charge in [-0.15, -0.1) is 0 Å². The molecule has 1 atom stereocenters. The van der Waals surface area contributed by atoms with Crippen LogP contribution in [0.25, 0.3) is 6.08 Å². The molecule has 2 aromatic rings. The first-order valence-electron chi connectivity index (χ1n) is 6.86. The summed E-state index contributed by atoms with van der Waals surface area (Å²) in [5.74, 6) is 0. The molecule has 1 aliphatic rings.